The van der Waals surface area contributed by atoms with Crippen LogP contribution in [-0.2, 0) is 0 Å². The molecule has 12 heavy (non-hydrogen) atoms. The van der Waals surface area contributed by atoms with E-state index in [0.717, 1.165) is 5.96 Å². The highest BCUT2D eigenvalue weighted by Gasteiger charge is 2.18. The molecule has 1 atom stereocenters. The van der Waals surface area contributed by atoms with Gasteiger partial charge in [0.25, 0.3) is 0 Å². The van der Waals surface area contributed by atoms with E-state index in [0.29, 0.717) is 5.96 Å². The Balaban J connectivity index is 2.88. The van der Waals surface area contributed by atoms with Gasteiger partial charge in [-0.2, -0.15) is 0 Å². The van der Waals surface area contributed by atoms with Gasteiger partial charge < -0.3 is 10.6 Å². The molecule has 2 N–H and O–H groups in total. The molecule has 68 valence electrons. The largest absolute Gasteiger partial charge is 0.369 e. The van der Waals surface area contributed by atoms with Gasteiger partial charge in [-0.25, -0.2) is 9.98 Å². The van der Waals surface area contributed by atoms with Crippen LogP contribution in [0.4, 0.5) is 0 Å². The summed E-state index contributed by atoms with van der Waals surface area (Å²) in [7, 11) is 5.71. The molecular weight excluding hydrogens is 154 g/mol. The average molecular weight is 169 g/mol. The maximum atomic E-state index is 5.67. The number of hydrogen-bond acceptors (Lipinski definition) is 5. The Morgan fingerprint density at radius 3 is 2.50 bits per heavy atom. The molecule has 0 fully saturated rings. The average Bonchev–Trinajstić information content (AvgIpc) is 1.96. The fourth-order valence-corrected chi connectivity index (χ4v) is 1.08. The lowest BCUT2D eigenvalue weighted by Gasteiger charge is -2.29. The fourth-order valence-electron chi connectivity index (χ4n) is 1.08. The van der Waals surface area contributed by atoms with E-state index in [1.165, 1.54) is 0 Å². The summed E-state index contributed by atoms with van der Waals surface area (Å²) in [5, 5.41) is 0. The van der Waals surface area contributed by atoms with Crippen molar-refractivity contribution >= 4 is 11.9 Å². The van der Waals surface area contributed by atoms with Crippen molar-refractivity contribution in [3.8, 4) is 0 Å². The van der Waals surface area contributed by atoms with Crippen molar-refractivity contribution in [2.24, 2.45) is 15.7 Å². The molecule has 0 saturated heterocycles. The number of nitrogens with zero attached hydrogens (tertiary/aromatic N) is 4. The van der Waals surface area contributed by atoms with Crippen molar-refractivity contribution in [1.82, 2.24) is 9.80 Å². The molecule has 1 rings (SSSR count). The van der Waals surface area contributed by atoms with Crippen LogP contribution in [0.2, 0.25) is 0 Å². The van der Waals surface area contributed by atoms with Gasteiger partial charge in [0.05, 0.1) is 0 Å². The van der Waals surface area contributed by atoms with Crippen molar-refractivity contribution in [2.45, 2.75) is 13.1 Å². The molecular formula is C7H15N5. The van der Waals surface area contributed by atoms with E-state index in [1.807, 2.05) is 33.0 Å². The standard InChI is InChI=1S/C7H15N5/c1-5-9-6(8)12(4)7(10-5)11(2)3/h5H,1-4H3,(H2,8,9). The molecule has 0 bridgehead atoms. The van der Waals surface area contributed by atoms with Gasteiger partial charge in [-0.05, 0) is 6.92 Å². The van der Waals surface area contributed by atoms with Crippen molar-refractivity contribution in [2.75, 3.05) is 21.1 Å². The lowest BCUT2D eigenvalue weighted by atomic mass is 10.5. The van der Waals surface area contributed by atoms with Crippen LogP contribution < -0.4 is 5.73 Å². The molecule has 0 aliphatic carbocycles. The highest BCUT2D eigenvalue weighted by molar-refractivity contribution is 5.98. The Morgan fingerprint density at radius 1 is 1.42 bits per heavy atom. The Kier molecular flexibility index (Phi) is 2.21. The highest BCUT2D eigenvalue weighted by Crippen LogP contribution is 2.04. The maximum Gasteiger partial charge on any atom is 0.204 e. The second-order valence-electron chi connectivity index (χ2n) is 3.00. The summed E-state index contributed by atoms with van der Waals surface area (Å²) < 4.78 is 0. The van der Waals surface area contributed by atoms with Crippen molar-refractivity contribution in [3.05, 3.63) is 0 Å². The first-order valence-electron chi connectivity index (χ1n) is 3.84. The zero-order chi connectivity index (χ0) is 9.30. The van der Waals surface area contributed by atoms with Crippen LogP contribution in [-0.4, -0.2) is 49.0 Å². The summed E-state index contributed by atoms with van der Waals surface area (Å²) in [6, 6.07) is 0. The minimum atomic E-state index is -0.0707. The van der Waals surface area contributed by atoms with Crippen LogP contribution in [0.1, 0.15) is 6.92 Å². The zero-order valence-electron chi connectivity index (χ0n) is 7.94. The van der Waals surface area contributed by atoms with E-state index in [-0.39, 0.29) is 6.17 Å². The van der Waals surface area contributed by atoms with E-state index in [4.69, 9.17) is 5.73 Å². The third-order valence-corrected chi connectivity index (χ3v) is 1.67. The molecule has 0 aromatic heterocycles. The Labute approximate surface area is 72.6 Å². The zero-order valence-corrected chi connectivity index (χ0v) is 7.94. The van der Waals surface area contributed by atoms with Gasteiger partial charge in [0.1, 0.15) is 6.17 Å². The predicted octanol–water partition coefficient (Wildman–Crippen LogP) is -0.490. The summed E-state index contributed by atoms with van der Waals surface area (Å²) in [6.45, 7) is 1.91. The molecule has 5 nitrogen and oxygen atoms in total. The monoisotopic (exact) mass is 169 g/mol. The van der Waals surface area contributed by atoms with Crippen LogP contribution in [0.15, 0.2) is 9.98 Å². The topological polar surface area (TPSA) is 57.2 Å². The highest BCUT2D eigenvalue weighted by atomic mass is 15.4. The van der Waals surface area contributed by atoms with E-state index >= 15 is 0 Å². The molecule has 1 aliphatic rings. The molecule has 0 aromatic rings. The molecule has 1 heterocycles. The normalized spacial score (nSPS) is 23.3. The molecule has 0 amide bonds. The van der Waals surface area contributed by atoms with Gasteiger partial charge in [-0.15, -0.1) is 0 Å². The molecule has 0 radical (unpaired) electrons. The SMILES string of the molecule is CC1N=C(N)N(C)C(N(C)C)=N1. The molecule has 0 saturated carbocycles. The second kappa shape index (κ2) is 3.00. The lowest BCUT2D eigenvalue weighted by molar-refractivity contribution is 0.501. The van der Waals surface area contributed by atoms with Crippen LogP contribution in [0.3, 0.4) is 0 Å². The molecule has 1 aliphatic heterocycles. The third kappa shape index (κ3) is 1.49. The van der Waals surface area contributed by atoms with Crippen LogP contribution in [0.5, 0.6) is 0 Å². The summed E-state index contributed by atoms with van der Waals surface area (Å²) in [6.07, 6.45) is -0.0707. The van der Waals surface area contributed by atoms with E-state index in [1.54, 1.807) is 4.90 Å². The van der Waals surface area contributed by atoms with Crippen LogP contribution in [0, 0.1) is 0 Å². The second-order valence-corrected chi connectivity index (χ2v) is 3.00. The van der Waals surface area contributed by atoms with Crippen molar-refractivity contribution < 1.29 is 0 Å². The van der Waals surface area contributed by atoms with Crippen LogP contribution >= 0.6 is 0 Å². The van der Waals surface area contributed by atoms with E-state index < -0.39 is 0 Å². The van der Waals surface area contributed by atoms with Crippen molar-refractivity contribution in [3.63, 3.8) is 0 Å². The summed E-state index contributed by atoms with van der Waals surface area (Å²) in [5.41, 5.74) is 5.67. The summed E-state index contributed by atoms with van der Waals surface area (Å²) in [4.78, 5) is 12.1. The molecule has 0 spiro atoms. The Bertz CT molecular complexity index is 230. The van der Waals surface area contributed by atoms with Crippen molar-refractivity contribution in [1.29, 1.82) is 0 Å². The number of aliphatic imine (C=N–C) groups is 2. The van der Waals surface area contributed by atoms with Gasteiger partial charge >= 0.3 is 0 Å². The molecule has 1 unspecified atom stereocenters. The van der Waals surface area contributed by atoms with E-state index in [2.05, 4.69) is 9.98 Å². The van der Waals surface area contributed by atoms with Gasteiger partial charge in [-0.3, -0.25) is 4.90 Å². The van der Waals surface area contributed by atoms with Gasteiger partial charge in [0, 0.05) is 21.1 Å². The third-order valence-electron chi connectivity index (χ3n) is 1.67. The smallest absolute Gasteiger partial charge is 0.204 e. The molecule has 5 heteroatoms. The predicted molar refractivity (Wildman–Crippen MR) is 50.0 cm³/mol. The minimum absolute atomic E-state index is 0.0707. The first-order valence-corrected chi connectivity index (χ1v) is 3.84. The number of hydrogen-bond donors (Lipinski definition) is 1. The quantitative estimate of drug-likeness (QED) is 0.532. The Hall–Kier alpha value is -1.26. The summed E-state index contributed by atoms with van der Waals surface area (Å²) in [5.74, 6) is 1.36. The summed E-state index contributed by atoms with van der Waals surface area (Å²) >= 11 is 0. The first kappa shape index (κ1) is 8.83. The number of rotatable bonds is 0. The van der Waals surface area contributed by atoms with Gasteiger partial charge in [0.15, 0.2) is 5.96 Å². The lowest BCUT2D eigenvalue weighted by Crippen LogP contribution is -2.48. The molecule has 0 aromatic carbocycles. The van der Waals surface area contributed by atoms with Gasteiger partial charge in [-0.1, -0.05) is 0 Å². The first-order chi connectivity index (χ1) is 5.52. The maximum absolute atomic E-state index is 5.67. The van der Waals surface area contributed by atoms with Crippen LogP contribution in [0.25, 0.3) is 0 Å². The minimum Gasteiger partial charge on any atom is -0.369 e. The Morgan fingerprint density at radius 2 is 2.00 bits per heavy atom. The van der Waals surface area contributed by atoms with Gasteiger partial charge in [0.2, 0.25) is 5.96 Å². The fraction of sp³-hybridized carbons (Fsp3) is 0.714. The number of guanidine groups is 2. The number of nitrogens with two attached hydrogens (primary N) is 1. The van der Waals surface area contributed by atoms with E-state index in [9.17, 15) is 0 Å².